The second-order valence-corrected chi connectivity index (χ2v) is 22.2. The molecule has 24 heavy (non-hydrogen) atoms. The molecule has 3 heteroatoms. The minimum absolute atomic E-state index is 0.0944. The molecule has 1 unspecified atom stereocenters. The molecule has 0 fully saturated rings. The third-order valence-corrected chi connectivity index (χ3v) is 19.4. The van der Waals surface area contributed by atoms with Gasteiger partial charge in [0, 0.05) is 0 Å². The van der Waals surface area contributed by atoms with Crippen LogP contribution in [0.2, 0.25) is 13.3 Å². The molecule has 0 rings (SSSR count). The summed E-state index contributed by atoms with van der Waals surface area (Å²) in [5.41, 5.74) is -0.0944. The number of hydrogen-bond donors (Lipinski definition) is 1. The van der Waals surface area contributed by atoms with Crippen molar-refractivity contribution in [1.29, 1.82) is 0 Å². The third-order valence-electron chi connectivity index (χ3n) is 5.01. The van der Waals surface area contributed by atoms with Crippen LogP contribution in [0, 0.1) is 5.41 Å². The van der Waals surface area contributed by atoms with Crippen molar-refractivity contribution in [1.82, 2.24) is 0 Å². The summed E-state index contributed by atoms with van der Waals surface area (Å²) < 4.78 is 11.7. The molecule has 0 aliphatic heterocycles. The van der Waals surface area contributed by atoms with Crippen molar-refractivity contribution in [3.63, 3.8) is 0 Å². The molecule has 1 N–H and O–H groups in total. The van der Waals surface area contributed by atoms with E-state index in [4.69, 9.17) is 4.74 Å². The molecule has 0 aliphatic carbocycles. The molecule has 0 aromatic heterocycles. The van der Waals surface area contributed by atoms with Gasteiger partial charge in [-0.15, -0.1) is 0 Å². The normalized spacial score (nSPS) is 14.5. The van der Waals surface area contributed by atoms with Gasteiger partial charge in [0.05, 0.1) is 0 Å². The molecule has 0 radical (unpaired) electrons. The second-order valence-electron chi connectivity index (χ2n) is 8.56. The van der Waals surface area contributed by atoms with Crippen molar-refractivity contribution in [2.24, 2.45) is 5.41 Å². The van der Waals surface area contributed by atoms with Crippen LogP contribution in [0.1, 0.15) is 80.1 Å². The first-order valence-corrected chi connectivity index (χ1v) is 18.3. The van der Waals surface area contributed by atoms with Crippen molar-refractivity contribution >= 4 is 18.4 Å². The summed E-state index contributed by atoms with van der Waals surface area (Å²) in [7, 11) is 0. The number of rotatable bonds is 14. The summed E-state index contributed by atoms with van der Waals surface area (Å²) in [6.45, 7) is 13.8. The molecule has 0 aromatic rings. The first-order valence-electron chi connectivity index (χ1n) is 10.2. The van der Waals surface area contributed by atoms with Crippen LogP contribution in [0.4, 0.5) is 0 Å². The summed E-state index contributed by atoms with van der Waals surface area (Å²) in [4.78, 5) is 0. The van der Waals surface area contributed by atoms with Gasteiger partial charge in [-0.1, -0.05) is 0 Å². The minimum atomic E-state index is -2.14. The molecular formula is C21H44O2Sn. The van der Waals surface area contributed by atoms with Crippen LogP contribution < -0.4 is 0 Å². The Morgan fingerprint density at radius 3 is 1.75 bits per heavy atom. The van der Waals surface area contributed by atoms with Gasteiger partial charge in [-0.2, -0.15) is 0 Å². The standard InChI is InChI=1S/C9H17O2.3C4H9.Sn/c1-9(2,3)8(10)6-5-7-11-4;3*1-3-4-2;/h5-6,8,10H,4,7H2,1-3H3;3*1,3-4H2,2H3;/b6-5-;;;;. The Bertz CT molecular complexity index is 299. The average Bonchev–Trinajstić information content (AvgIpc) is 2.54. The molecular weight excluding hydrogens is 403 g/mol. The van der Waals surface area contributed by atoms with Gasteiger partial charge in [0.1, 0.15) is 0 Å². The fourth-order valence-corrected chi connectivity index (χ4v) is 17.5. The van der Waals surface area contributed by atoms with E-state index < -0.39 is 24.5 Å². The molecule has 0 amide bonds. The molecule has 2 nitrogen and oxygen atoms in total. The molecule has 0 aromatic carbocycles. The van der Waals surface area contributed by atoms with Gasteiger partial charge < -0.3 is 0 Å². The Kier molecular flexibility index (Phi) is 13.9. The molecule has 0 saturated carbocycles. The van der Waals surface area contributed by atoms with E-state index in [0.717, 1.165) is 4.62 Å². The Labute approximate surface area is 156 Å². The number of unbranched alkanes of at least 4 members (excludes halogenated alkanes) is 3. The van der Waals surface area contributed by atoms with Crippen molar-refractivity contribution in [3.8, 4) is 0 Å². The van der Waals surface area contributed by atoms with Crippen molar-refractivity contribution in [3.05, 3.63) is 12.2 Å². The van der Waals surface area contributed by atoms with Crippen LogP contribution >= 0.6 is 0 Å². The van der Waals surface area contributed by atoms with Crippen molar-refractivity contribution in [2.45, 2.75) is 99.5 Å². The Hall–Kier alpha value is 0.459. The van der Waals surface area contributed by atoms with E-state index in [0.29, 0.717) is 6.61 Å². The molecule has 0 saturated heterocycles. The van der Waals surface area contributed by atoms with Crippen molar-refractivity contribution in [2.75, 3.05) is 11.2 Å². The number of hydrogen-bond acceptors (Lipinski definition) is 2. The van der Waals surface area contributed by atoms with Crippen LogP contribution in [-0.2, 0) is 4.74 Å². The van der Waals surface area contributed by atoms with Crippen LogP contribution in [0.3, 0.4) is 0 Å². The van der Waals surface area contributed by atoms with E-state index in [1.54, 1.807) is 0 Å². The maximum absolute atomic E-state index is 10.1. The Morgan fingerprint density at radius 1 is 0.917 bits per heavy atom. The maximum atomic E-state index is 10.1. The number of aliphatic hydroxyl groups is 1. The van der Waals surface area contributed by atoms with Gasteiger partial charge in [-0.05, 0) is 0 Å². The zero-order valence-corrected chi connectivity index (χ0v) is 20.2. The molecule has 0 bridgehead atoms. The summed E-state index contributed by atoms with van der Waals surface area (Å²) in [5.74, 6) is 0. The van der Waals surface area contributed by atoms with E-state index in [-0.39, 0.29) is 5.41 Å². The fraction of sp³-hybridized carbons (Fsp3) is 0.905. The van der Waals surface area contributed by atoms with E-state index in [9.17, 15) is 5.11 Å². The SMILES string of the molecule is CCC[CH2][Sn]([CH2]CCC)([CH2]CCC)[CH2]OC/C=C\C(O)C(C)(C)C. The van der Waals surface area contributed by atoms with Crippen LogP contribution in [0.15, 0.2) is 12.2 Å². The van der Waals surface area contributed by atoms with Gasteiger partial charge in [-0.3, -0.25) is 0 Å². The van der Waals surface area contributed by atoms with E-state index >= 15 is 0 Å². The predicted octanol–water partition coefficient (Wildman–Crippen LogP) is 6.35. The van der Waals surface area contributed by atoms with E-state index in [2.05, 4.69) is 41.5 Å². The molecule has 1 atom stereocenters. The summed E-state index contributed by atoms with van der Waals surface area (Å²) >= 11 is -2.14. The molecule has 0 spiro atoms. The first-order chi connectivity index (χ1) is 11.3. The topological polar surface area (TPSA) is 29.5 Å². The zero-order chi connectivity index (χ0) is 18.5. The third kappa shape index (κ3) is 11.1. The van der Waals surface area contributed by atoms with Gasteiger partial charge in [0.25, 0.3) is 0 Å². The van der Waals surface area contributed by atoms with E-state index in [1.807, 2.05) is 12.2 Å². The van der Waals surface area contributed by atoms with Gasteiger partial charge >= 0.3 is 156 Å². The molecule has 0 aliphatic rings. The first kappa shape index (κ1) is 24.5. The monoisotopic (exact) mass is 448 g/mol. The Morgan fingerprint density at radius 2 is 1.38 bits per heavy atom. The average molecular weight is 447 g/mol. The van der Waals surface area contributed by atoms with Gasteiger partial charge in [0.2, 0.25) is 0 Å². The number of aliphatic hydroxyl groups excluding tert-OH is 1. The van der Waals surface area contributed by atoms with Crippen molar-refractivity contribution < 1.29 is 9.84 Å². The quantitative estimate of drug-likeness (QED) is 0.191. The van der Waals surface area contributed by atoms with Gasteiger partial charge in [0.15, 0.2) is 0 Å². The van der Waals surface area contributed by atoms with Crippen LogP contribution in [0.5, 0.6) is 0 Å². The molecule has 0 heterocycles. The molecule has 144 valence electrons. The summed E-state index contributed by atoms with van der Waals surface area (Å²) in [6, 6.07) is 0. The number of ether oxygens (including phenoxy) is 1. The predicted molar refractivity (Wildman–Crippen MR) is 110 cm³/mol. The zero-order valence-electron chi connectivity index (χ0n) is 17.4. The second kappa shape index (κ2) is 13.6. The Balaban J connectivity index is 4.58. The van der Waals surface area contributed by atoms with Crippen LogP contribution in [0.25, 0.3) is 0 Å². The van der Waals surface area contributed by atoms with Crippen LogP contribution in [-0.4, -0.2) is 40.8 Å². The fourth-order valence-electron chi connectivity index (χ4n) is 3.06. The van der Waals surface area contributed by atoms with E-state index in [1.165, 1.54) is 51.8 Å². The summed E-state index contributed by atoms with van der Waals surface area (Å²) in [6.07, 6.45) is 11.7. The van der Waals surface area contributed by atoms with Gasteiger partial charge in [-0.25, -0.2) is 0 Å². The summed E-state index contributed by atoms with van der Waals surface area (Å²) in [5, 5.41) is 10.1.